The summed E-state index contributed by atoms with van der Waals surface area (Å²) in [6.45, 7) is 0. The van der Waals surface area contributed by atoms with E-state index in [0.29, 0.717) is 6.07 Å². The van der Waals surface area contributed by atoms with Crippen LogP contribution in [0.25, 0.3) is 0 Å². The topological polar surface area (TPSA) is 26.0 Å². The average molecular weight is 297 g/mol. The summed E-state index contributed by atoms with van der Waals surface area (Å²) in [4.78, 5) is 2.09. The van der Waals surface area contributed by atoms with Crippen LogP contribution in [-0.4, -0.2) is 0 Å². The molecule has 1 nitrogen and oxygen atoms in total. The number of thiophene rings is 1. The van der Waals surface area contributed by atoms with E-state index in [9.17, 15) is 13.2 Å². The number of hydrogen-bond acceptors (Lipinski definition) is 2. The van der Waals surface area contributed by atoms with Gasteiger partial charge in [0, 0.05) is 21.4 Å². The molecule has 5 heteroatoms. The van der Waals surface area contributed by atoms with Crippen molar-refractivity contribution >= 4 is 11.3 Å². The van der Waals surface area contributed by atoms with Crippen molar-refractivity contribution < 1.29 is 13.2 Å². The first-order valence-corrected chi connectivity index (χ1v) is 7.39. The van der Waals surface area contributed by atoms with Gasteiger partial charge in [0.2, 0.25) is 0 Å². The van der Waals surface area contributed by atoms with E-state index in [1.807, 2.05) is 6.07 Å². The molecule has 2 N–H and O–H groups in total. The number of aryl methyl sites for hydroxylation is 2. The van der Waals surface area contributed by atoms with Crippen molar-refractivity contribution in [1.82, 2.24) is 0 Å². The molecule has 0 saturated carbocycles. The maximum atomic E-state index is 13.8. The highest BCUT2D eigenvalue weighted by Crippen LogP contribution is 2.35. The molecule has 1 heterocycles. The Morgan fingerprint density at radius 2 is 1.65 bits per heavy atom. The average Bonchev–Trinajstić information content (AvgIpc) is 2.86. The van der Waals surface area contributed by atoms with E-state index in [2.05, 4.69) is 0 Å². The second-order valence-electron chi connectivity index (χ2n) is 5.07. The van der Waals surface area contributed by atoms with Crippen LogP contribution >= 0.6 is 11.3 Å². The van der Waals surface area contributed by atoms with Gasteiger partial charge in [-0.25, -0.2) is 13.2 Å². The molecule has 0 saturated heterocycles. The minimum Gasteiger partial charge on any atom is -0.320 e. The Kier molecular flexibility index (Phi) is 3.56. The predicted octanol–water partition coefficient (Wildman–Crippen LogP) is 4.09. The summed E-state index contributed by atoms with van der Waals surface area (Å²) in [6, 6.07) is 2.64. The summed E-state index contributed by atoms with van der Waals surface area (Å²) in [5.74, 6) is -3.06. The van der Waals surface area contributed by atoms with E-state index in [4.69, 9.17) is 5.73 Å². The summed E-state index contributed by atoms with van der Waals surface area (Å²) in [5, 5.41) is 0. The molecular formula is C15H14F3NS. The molecule has 1 aromatic heterocycles. The number of fused-ring (bicyclic) bond motifs is 1. The first kappa shape index (κ1) is 13.6. The molecule has 1 atom stereocenters. The van der Waals surface area contributed by atoms with Crippen LogP contribution in [0.3, 0.4) is 0 Å². The van der Waals surface area contributed by atoms with Crippen LogP contribution in [0.1, 0.15) is 39.8 Å². The smallest absolute Gasteiger partial charge is 0.161 e. The lowest BCUT2D eigenvalue weighted by Gasteiger charge is -2.11. The molecule has 1 aliphatic rings. The zero-order valence-corrected chi connectivity index (χ0v) is 11.6. The maximum Gasteiger partial charge on any atom is 0.161 e. The lowest BCUT2D eigenvalue weighted by atomic mass is 9.98. The van der Waals surface area contributed by atoms with Gasteiger partial charge in [0.25, 0.3) is 0 Å². The molecule has 1 unspecified atom stereocenters. The monoisotopic (exact) mass is 297 g/mol. The van der Waals surface area contributed by atoms with Crippen LogP contribution in [0.4, 0.5) is 13.2 Å². The molecule has 0 amide bonds. The van der Waals surface area contributed by atoms with Gasteiger partial charge in [0.05, 0.1) is 6.04 Å². The van der Waals surface area contributed by atoms with Gasteiger partial charge >= 0.3 is 0 Å². The Morgan fingerprint density at radius 3 is 2.40 bits per heavy atom. The van der Waals surface area contributed by atoms with Crippen LogP contribution in [0.5, 0.6) is 0 Å². The fourth-order valence-electron chi connectivity index (χ4n) is 2.60. The van der Waals surface area contributed by atoms with Crippen molar-refractivity contribution in [2.75, 3.05) is 0 Å². The first-order valence-electron chi connectivity index (χ1n) is 6.58. The van der Waals surface area contributed by atoms with Crippen LogP contribution in [0, 0.1) is 17.5 Å². The number of rotatable bonds is 2. The SMILES string of the molecule is NC(c1cc2c(s1)CCCC2)c1cc(F)c(F)cc1F. The Bertz CT molecular complexity index is 627. The van der Waals surface area contributed by atoms with Gasteiger partial charge in [-0.2, -0.15) is 0 Å². The third kappa shape index (κ3) is 2.36. The van der Waals surface area contributed by atoms with Gasteiger partial charge in [-0.3, -0.25) is 0 Å². The third-order valence-corrected chi connectivity index (χ3v) is 5.02. The van der Waals surface area contributed by atoms with Crippen LogP contribution in [0.2, 0.25) is 0 Å². The maximum absolute atomic E-state index is 13.8. The Morgan fingerprint density at radius 1 is 0.950 bits per heavy atom. The normalized spacial score (nSPS) is 16.0. The van der Waals surface area contributed by atoms with Crippen molar-refractivity contribution in [3.63, 3.8) is 0 Å². The largest absolute Gasteiger partial charge is 0.320 e. The van der Waals surface area contributed by atoms with Crippen molar-refractivity contribution in [2.24, 2.45) is 5.73 Å². The van der Waals surface area contributed by atoms with Crippen molar-refractivity contribution in [1.29, 1.82) is 0 Å². The number of nitrogens with two attached hydrogens (primary N) is 1. The molecule has 0 spiro atoms. The Balaban J connectivity index is 1.98. The molecule has 0 bridgehead atoms. The van der Waals surface area contributed by atoms with Crippen LogP contribution in [-0.2, 0) is 12.8 Å². The van der Waals surface area contributed by atoms with Gasteiger partial charge in [0.1, 0.15) is 5.82 Å². The number of halogens is 3. The first-order chi connectivity index (χ1) is 9.56. The molecule has 20 heavy (non-hydrogen) atoms. The summed E-state index contributed by atoms with van der Waals surface area (Å²) in [7, 11) is 0. The minimum atomic E-state index is -1.19. The third-order valence-electron chi connectivity index (χ3n) is 3.70. The van der Waals surface area contributed by atoms with Crippen LogP contribution in [0.15, 0.2) is 18.2 Å². The summed E-state index contributed by atoms with van der Waals surface area (Å²) < 4.78 is 40.0. The predicted molar refractivity (Wildman–Crippen MR) is 73.3 cm³/mol. The van der Waals surface area contributed by atoms with Gasteiger partial charge in [-0.1, -0.05) is 0 Å². The second-order valence-corrected chi connectivity index (χ2v) is 6.24. The fraction of sp³-hybridized carbons (Fsp3) is 0.333. The van der Waals surface area contributed by atoms with Gasteiger partial charge < -0.3 is 5.73 Å². The molecule has 106 valence electrons. The van der Waals surface area contributed by atoms with E-state index in [1.165, 1.54) is 10.4 Å². The molecule has 1 aromatic carbocycles. The number of hydrogen-bond donors (Lipinski definition) is 1. The lowest BCUT2D eigenvalue weighted by molar-refractivity contribution is 0.488. The molecule has 2 aromatic rings. The van der Waals surface area contributed by atoms with E-state index in [1.54, 1.807) is 11.3 Å². The van der Waals surface area contributed by atoms with Gasteiger partial charge in [-0.05, 0) is 43.4 Å². The highest BCUT2D eigenvalue weighted by atomic mass is 32.1. The zero-order chi connectivity index (χ0) is 14.3. The fourth-order valence-corrected chi connectivity index (χ4v) is 3.87. The van der Waals surface area contributed by atoms with E-state index in [0.717, 1.165) is 36.6 Å². The van der Waals surface area contributed by atoms with E-state index < -0.39 is 23.5 Å². The van der Waals surface area contributed by atoms with E-state index in [-0.39, 0.29) is 5.56 Å². The quantitative estimate of drug-likeness (QED) is 0.830. The highest BCUT2D eigenvalue weighted by Gasteiger charge is 2.21. The molecule has 0 radical (unpaired) electrons. The summed E-state index contributed by atoms with van der Waals surface area (Å²) in [6.07, 6.45) is 4.34. The molecule has 3 rings (SSSR count). The molecule has 0 aliphatic heterocycles. The summed E-state index contributed by atoms with van der Waals surface area (Å²) >= 11 is 1.55. The Labute approximate surface area is 119 Å². The Hall–Kier alpha value is -1.33. The second kappa shape index (κ2) is 5.22. The highest BCUT2D eigenvalue weighted by molar-refractivity contribution is 7.12. The van der Waals surface area contributed by atoms with Gasteiger partial charge in [0.15, 0.2) is 11.6 Å². The molecular weight excluding hydrogens is 283 g/mol. The lowest BCUT2D eigenvalue weighted by Crippen LogP contribution is -2.13. The van der Waals surface area contributed by atoms with Crippen molar-refractivity contribution in [3.8, 4) is 0 Å². The van der Waals surface area contributed by atoms with Crippen molar-refractivity contribution in [2.45, 2.75) is 31.7 Å². The summed E-state index contributed by atoms with van der Waals surface area (Å²) in [5.41, 5.74) is 7.29. The van der Waals surface area contributed by atoms with Crippen LogP contribution < -0.4 is 5.73 Å². The molecule has 0 fully saturated rings. The minimum absolute atomic E-state index is 0.00231. The van der Waals surface area contributed by atoms with Gasteiger partial charge in [-0.15, -0.1) is 11.3 Å². The standard InChI is InChI=1S/C15H14F3NS/c16-10-7-12(18)11(17)6-9(10)15(19)14-5-8-3-1-2-4-13(8)20-14/h5-7,15H,1-4,19H2. The number of benzene rings is 1. The molecule has 1 aliphatic carbocycles. The van der Waals surface area contributed by atoms with Crippen molar-refractivity contribution in [3.05, 3.63) is 56.5 Å². The zero-order valence-electron chi connectivity index (χ0n) is 10.8. The van der Waals surface area contributed by atoms with E-state index >= 15 is 0 Å².